The minimum absolute atomic E-state index is 0. The smallest absolute Gasteiger partial charge is 0.308 e. The van der Waals surface area contributed by atoms with Gasteiger partial charge in [0.05, 0.1) is 27.2 Å². The first-order chi connectivity index (χ1) is 13.1. The lowest BCUT2D eigenvalue weighted by Crippen LogP contribution is -2.46. The van der Waals surface area contributed by atoms with Gasteiger partial charge in [-0.05, 0) is 43.4 Å². The molecule has 0 aromatic heterocycles. The van der Waals surface area contributed by atoms with Gasteiger partial charge >= 0.3 is 5.97 Å². The van der Waals surface area contributed by atoms with E-state index in [0.29, 0.717) is 0 Å². The molecule has 2 rings (SSSR count). The quantitative estimate of drug-likeness (QED) is 0.202. The second kappa shape index (κ2) is 12.7. The maximum absolute atomic E-state index is 11.6. The highest BCUT2D eigenvalue weighted by Crippen LogP contribution is 2.27. The molecule has 0 saturated carbocycles. The summed E-state index contributed by atoms with van der Waals surface area (Å²) in [6.45, 7) is 2.46. The second-order valence-corrected chi connectivity index (χ2v) is 6.55. The van der Waals surface area contributed by atoms with Crippen molar-refractivity contribution in [3.63, 3.8) is 0 Å². The highest BCUT2D eigenvalue weighted by Gasteiger charge is 2.26. The third-order valence-electron chi connectivity index (χ3n) is 4.91. The monoisotopic (exact) mass is 505 g/mol. The number of nitrogens with zero attached hydrogens (tertiary/aromatic N) is 2. The number of aliphatic imine (C=N–C) groups is 1. The number of likely N-dealkylation sites (tertiary alicyclic amines) is 1. The number of rotatable bonds is 7. The largest absolute Gasteiger partial charge is 0.493 e. The number of benzene rings is 1. The van der Waals surface area contributed by atoms with Gasteiger partial charge in [0.25, 0.3) is 0 Å². The number of hydrogen-bond acceptors (Lipinski definition) is 5. The summed E-state index contributed by atoms with van der Waals surface area (Å²) < 4.78 is 15.5. The van der Waals surface area contributed by atoms with Crippen molar-refractivity contribution in [2.75, 3.05) is 48.0 Å². The maximum Gasteiger partial charge on any atom is 0.308 e. The number of ether oxygens (including phenoxy) is 3. The fourth-order valence-corrected chi connectivity index (χ4v) is 3.35. The lowest BCUT2D eigenvalue weighted by Gasteiger charge is -2.33. The standard InChI is InChI=1S/C20H31N3O4.HI/c1-21-20(23-12-9-16(10-13-23)19(24)27-4)22-11-5-6-15-7-8-17(25-2)18(14-15)26-3;/h7-8,14,16H,5-6,9-13H2,1-4H3,(H,21,22);1H. The lowest BCUT2D eigenvalue weighted by molar-refractivity contribution is -0.146. The zero-order valence-corrected chi connectivity index (χ0v) is 19.5. The summed E-state index contributed by atoms with van der Waals surface area (Å²) in [6.07, 6.45) is 3.53. The van der Waals surface area contributed by atoms with E-state index >= 15 is 0 Å². The molecule has 0 amide bonds. The van der Waals surface area contributed by atoms with Crippen molar-refractivity contribution in [2.24, 2.45) is 10.9 Å². The highest BCUT2D eigenvalue weighted by molar-refractivity contribution is 14.0. The van der Waals surface area contributed by atoms with E-state index < -0.39 is 0 Å². The molecule has 8 heteroatoms. The third-order valence-corrected chi connectivity index (χ3v) is 4.91. The second-order valence-electron chi connectivity index (χ2n) is 6.55. The van der Waals surface area contributed by atoms with Gasteiger partial charge < -0.3 is 24.4 Å². The Kier molecular flexibility index (Phi) is 11.0. The summed E-state index contributed by atoms with van der Waals surface area (Å²) in [7, 11) is 6.54. The van der Waals surface area contributed by atoms with Gasteiger partial charge in [-0.3, -0.25) is 9.79 Å². The number of carbonyl (C=O) groups is 1. The Morgan fingerprint density at radius 1 is 1.18 bits per heavy atom. The molecule has 7 nitrogen and oxygen atoms in total. The van der Waals surface area contributed by atoms with E-state index in [1.165, 1.54) is 12.7 Å². The fourth-order valence-electron chi connectivity index (χ4n) is 3.35. The van der Waals surface area contributed by atoms with Crippen molar-refractivity contribution in [1.82, 2.24) is 10.2 Å². The Bertz CT molecular complexity index is 646. The first-order valence-corrected chi connectivity index (χ1v) is 9.37. The minimum atomic E-state index is -0.104. The summed E-state index contributed by atoms with van der Waals surface area (Å²) in [5.74, 6) is 2.30. The van der Waals surface area contributed by atoms with Crippen molar-refractivity contribution >= 4 is 35.9 Å². The number of hydrogen-bond donors (Lipinski definition) is 1. The van der Waals surface area contributed by atoms with Crippen LogP contribution in [0.25, 0.3) is 0 Å². The molecule has 1 saturated heterocycles. The van der Waals surface area contributed by atoms with Crippen LogP contribution in [0.2, 0.25) is 0 Å². The zero-order chi connectivity index (χ0) is 19.6. The molecule has 1 aromatic carbocycles. The van der Waals surface area contributed by atoms with Gasteiger partial charge in [0, 0.05) is 26.7 Å². The average molecular weight is 505 g/mol. The van der Waals surface area contributed by atoms with Crippen LogP contribution in [0.5, 0.6) is 11.5 Å². The van der Waals surface area contributed by atoms with Gasteiger partial charge in [-0.25, -0.2) is 0 Å². The number of nitrogens with one attached hydrogen (secondary N) is 1. The Hall–Kier alpha value is -1.71. The van der Waals surface area contributed by atoms with Crippen LogP contribution in [0.4, 0.5) is 0 Å². The number of guanidine groups is 1. The number of piperidine rings is 1. The van der Waals surface area contributed by atoms with Crippen LogP contribution in [0.1, 0.15) is 24.8 Å². The molecule has 158 valence electrons. The number of carbonyl (C=O) groups excluding carboxylic acids is 1. The van der Waals surface area contributed by atoms with Gasteiger partial charge in [-0.1, -0.05) is 6.07 Å². The van der Waals surface area contributed by atoms with Gasteiger partial charge in [-0.2, -0.15) is 0 Å². The van der Waals surface area contributed by atoms with E-state index in [1.54, 1.807) is 21.3 Å². The lowest BCUT2D eigenvalue weighted by atomic mass is 9.97. The van der Waals surface area contributed by atoms with Crippen LogP contribution in [0, 0.1) is 5.92 Å². The molecule has 1 heterocycles. The first-order valence-electron chi connectivity index (χ1n) is 9.37. The summed E-state index contributed by atoms with van der Waals surface area (Å²) in [4.78, 5) is 18.2. The number of methoxy groups -OCH3 is 3. The Labute approximate surface area is 184 Å². The van der Waals surface area contributed by atoms with Crippen LogP contribution in [-0.4, -0.2) is 64.8 Å². The summed E-state index contributed by atoms with van der Waals surface area (Å²) in [5, 5.41) is 3.42. The van der Waals surface area contributed by atoms with E-state index in [4.69, 9.17) is 14.2 Å². The Morgan fingerprint density at radius 3 is 2.43 bits per heavy atom. The molecule has 0 atom stereocenters. The summed E-state index contributed by atoms with van der Waals surface area (Å²) >= 11 is 0. The third kappa shape index (κ3) is 6.72. The topological polar surface area (TPSA) is 72.4 Å². The van der Waals surface area contributed by atoms with Crippen molar-refractivity contribution in [2.45, 2.75) is 25.7 Å². The normalized spacial score (nSPS) is 14.9. The van der Waals surface area contributed by atoms with Crippen LogP contribution < -0.4 is 14.8 Å². The molecule has 0 unspecified atom stereocenters. The van der Waals surface area contributed by atoms with Crippen molar-refractivity contribution in [1.29, 1.82) is 0 Å². The Morgan fingerprint density at radius 2 is 1.86 bits per heavy atom. The molecule has 1 fully saturated rings. The van der Waals surface area contributed by atoms with E-state index in [-0.39, 0.29) is 35.9 Å². The van der Waals surface area contributed by atoms with Gasteiger partial charge in [0.2, 0.25) is 0 Å². The van der Waals surface area contributed by atoms with Gasteiger partial charge in [0.1, 0.15) is 0 Å². The van der Waals surface area contributed by atoms with E-state index in [9.17, 15) is 4.79 Å². The molecule has 1 aliphatic rings. The van der Waals surface area contributed by atoms with Crippen molar-refractivity contribution < 1.29 is 19.0 Å². The van der Waals surface area contributed by atoms with E-state index in [0.717, 1.165) is 62.8 Å². The fraction of sp³-hybridized carbons (Fsp3) is 0.600. The van der Waals surface area contributed by atoms with E-state index in [2.05, 4.69) is 21.3 Å². The Balaban J connectivity index is 0.00000392. The first kappa shape index (κ1) is 24.3. The van der Waals surface area contributed by atoms with Gasteiger partial charge in [0.15, 0.2) is 17.5 Å². The zero-order valence-electron chi connectivity index (χ0n) is 17.2. The number of aryl methyl sites for hydroxylation is 1. The predicted molar refractivity (Wildman–Crippen MR) is 121 cm³/mol. The molecular weight excluding hydrogens is 473 g/mol. The SMILES string of the molecule is CN=C(NCCCc1ccc(OC)c(OC)c1)N1CCC(C(=O)OC)CC1.I. The molecule has 0 spiro atoms. The van der Waals surface area contributed by atoms with Gasteiger partial charge in [-0.15, -0.1) is 24.0 Å². The molecule has 28 heavy (non-hydrogen) atoms. The van der Waals surface area contributed by atoms with E-state index in [1.807, 2.05) is 12.1 Å². The van der Waals surface area contributed by atoms with Crippen LogP contribution in [0.15, 0.2) is 23.2 Å². The predicted octanol–water partition coefficient (Wildman–Crippen LogP) is 2.71. The van der Waals surface area contributed by atoms with Crippen molar-refractivity contribution in [3.05, 3.63) is 23.8 Å². The molecule has 1 aromatic rings. The molecule has 1 aliphatic heterocycles. The molecule has 1 N–H and O–H groups in total. The maximum atomic E-state index is 11.6. The number of esters is 1. The van der Waals surface area contributed by atoms with Crippen LogP contribution in [-0.2, 0) is 16.0 Å². The average Bonchev–Trinajstić information content (AvgIpc) is 2.73. The highest BCUT2D eigenvalue weighted by atomic mass is 127. The minimum Gasteiger partial charge on any atom is -0.493 e. The van der Waals surface area contributed by atoms with Crippen LogP contribution >= 0.6 is 24.0 Å². The van der Waals surface area contributed by atoms with Crippen LogP contribution in [0.3, 0.4) is 0 Å². The summed E-state index contributed by atoms with van der Waals surface area (Å²) in [6, 6.07) is 6.02. The number of halogens is 1. The summed E-state index contributed by atoms with van der Waals surface area (Å²) in [5.41, 5.74) is 1.21. The molecular formula is C20H32IN3O4. The van der Waals surface area contributed by atoms with Crippen molar-refractivity contribution in [3.8, 4) is 11.5 Å². The molecule has 0 bridgehead atoms. The molecule has 0 radical (unpaired) electrons. The molecule has 0 aliphatic carbocycles.